The number of nitriles is 1. The highest BCUT2D eigenvalue weighted by Crippen LogP contribution is 2.42. The third-order valence-electron chi connectivity index (χ3n) is 7.11. The number of aromatic nitrogens is 2. The molecule has 6 aromatic rings. The highest BCUT2D eigenvalue weighted by Gasteiger charge is 2.23. The van der Waals surface area contributed by atoms with Crippen molar-refractivity contribution in [3.05, 3.63) is 95.8 Å². The summed E-state index contributed by atoms with van der Waals surface area (Å²) in [6, 6.07) is 25.0. The highest BCUT2D eigenvalue weighted by molar-refractivity contribution is 6.14. The lowest BCUT2D eigenvalue weighted by atomic mass is 9.95. The predicted molar refractivity (Wildman–Crippen MR) is 145 cm³/mol. The molecule has 0 radical (unpaired) electrons. The number of hydrogen-bond acceptors (Lipinski definition) is 3. The molecule has 0 aliphatic rings. The van der Waals surface area contributed by atoms with Gasteiger partial charge in [-0.3, -0.25) is 4.98 Å². The van der Waals surface area contributed by atoms with E-state index in [4.69, 9.17) is 4.42 Å². The van der Waals surface area contributed by atoms with Crippen LogP contribution in [0.5, 0.6) is 0 Å². The summed E-state index contributed by atoms with van der Waals surface area (Å²) >= 11 is 0. The van der Waals surface area contributed by atoms with Gasteiger partial charge in [0.25, 0.3) is 0 Å². The van der Waals surface area contributed by atoms with E-state index in [0.29, 0.717) is 11.5 Å². The molecule has 0 saturated carbocycles. The van der Waals surface area contributed by atoms with Gasteiger partial charge >= 0.3 is 0 Å². The minimum atomic E-state index is 0.455. The molecule has 4 nitrogen and oxygen atoms in total. The molecular formula is C32H26N3O+. The SMILES string of the molecule is Cc1ccc2c(oc3c(-c4ccc5cccnc5c4)c(C#N)ccc32)c1-c1ccc(C(C)C)c[n+]1C. The van der Waals surface area contributed by atoms with Gasteiger partial charge in [0.15, 0.2) is 6.20 Å². The molecule has 0 aliphatic carbocycles. The Hall–Kier alpha value is -4.49. The zero-order valence-corrected chi connectivity index (χ0v) is 20.8. The normalized spacial score (nSPS) is 11.6. The molecule has 4 heteroatoms. The largest absolute Gasteiger partial charge is 0.454 e. The van der Waals surface area contributed by atoms with Crippen molar-refractivity contribution in [3.8, 4) is 28.5 Å². The van der Waals surface area contributed by atoms with Crippen molar-refractivity contribution in [3.63, 3.8) is 0 Å². The van der Waals surface area contributed by atoms with Crippen LogP contribution >= 0.6 is 0 Å². The number of aryl methyl sites for hydroxylation is 2. The van der Waals surface area contributed by atoms with E-state index in [2.05, 4.69) is 73.9 Å². The standard InChI is InChI=1S/C32H26N3O/c1-19(2)24-11-14-28(35(4)18-24)29-20(3)7-12-25-26-13-10-23(17-33)30(32(26)36-31(25)29)22-9-8-21-6-5-15-34-27(21)16-22/h5-16,18-19H,1-4H3/q+1. The number of benzene rings is 3. The predicted octanol–water partition coefficient (Wildman–Crippen LogP) is 7.60. The van der Waals surface area contributed by atoms with Crippen LogP contribution in [0.3, 0.4) is 0 Å². The molecule has 0 atom stereocenters. The number of hydrogen-bond donors (Lipinski definition) is 0. The monoisotopic (exact) mass is 468 g/mol. The van der Waals surface area contributed by atoms with Gasteiger partial charge in [0.1, 0.15) is 18.2 Å². The summed E-state index contributed by atoms with van der Waals surface area (Å²) < 4.78 is 8.89. The Kier molecular flexibility index (Phi) is 5.09. The van der Waals surface area contributed by atoms with Crippen molar-refractivity contribution in [1.82, 2.24) is 4.98 Å². The molecule has 0 saturated heterocycles. The van der Waals surface area contributed by atoms with E-state index in [1.54, 1.807) is 6.20 Å². The molecule has 0 N–H and O–H groups in total. The molecule has 174 valence electrons. The number of furan rings is 1. The van der Waals surface area contributed by atoms with Gasteiger partial charge in [0.2, 0.25) is 5.69 Å². The van der Waals surface area contributed by atoms with Crippen molar-refractivity contribution >= 4 is 32.8 Å². The second-order valence-corrected chi connectivity index (χ2v) is 9.74. The lowest BCUT2D eigenvalue weighted by Crippen LogP contribution is -2.31. The van der Waals surface area contributed by atoms with Gasteiger partial charge in [-0.15, -0.1) is 0 Å². The van der Waals surface area contributed by atoms with E-state index in [9.17, 15) is 5.26 Å². The maximum atomic E-state index is 10.0. The van der Waals surface area contributed by atoms with E-state index >= 15 is 0 Å². The number of fused-ring (bicyclic) bond motifs is 4. The lowest BCUT2D eigenvalue weighted by molar-refractivity contribution is -0.660. The Labute approximate surface area is 210 Å². The Morgan fingerprint density at radius 2 is 1.69 bits per heavy atom. The van der Waals surface area contributed by atoms with Crippen molar-refractivity contribution in [2.75, 3.05) is 0 Å². The fourth-order valence-corrected chi connectivity index (χ4v) is 5.15. The third-order valence-corrected chi connectivity index (χ3v) is 7.11. The zero-order valence-electron chi connectivity index (χ0n) is 20.8. The molecule has 0 amide bonds. The topological polar surface area (TPSA) is 53.7 Å². The maximum Gasteiger partial charge on any atom is 0.216 e. The first kappa shape index (κ1) is 22.0. The fourth-order valence-electron chi connectivity index (χ4n) is 5.15. The molecule has 36 heavy (non-hydrogen) atoms. The smallest absolute Gasteiger partial charge is 0.216 e. The summed E-state index contributed by atoms with van der Waals surface area (Å²) in [7, 11) is 2.09. The molecule has 3 aromatic carbocycles. The summed E-state index contributed by atoms with van der Waals surface area (Å²) in [5, 5.41) is 13.1. The highest BCUT2D eigenvalue weighted by atomic mass is 16.3. The summed E-state index contributed by atoms with van der Waals surface area (Å²) in [4.78, 5) is 4.52. The quantitative estimate of drug-likeness (QED) is 0.251. The number of nitrogens with zero attached hydrogens (tertiary/aromatic N) is 3. The number of rotatable bonds is 3. The van der Waals surface area contributed by atoms with Crippen molar-refractivity contribution in [2.45, 2.75) is 26.7 Å². The lowest BCUT2D eigenvalue weighted by Gasteiger charge is -2.08. The van der Waals surface area contributed by atoms with Crippen LogP contribution in [-0.2, 0) is 7.05 Å². The molecule has 3 aromatic heterocycles. The average molecular weight is 469 g/mol. The first-order chi connectivity index (χ1) is 17.5. The molecule has 0 spiro atoms. The van der Waals surface area contributed by atoms with Gasteiger partial charge in [-0.25, -0.2) is 4.57 Å². The van der Waals surface area contributed by atoms with Gasteiger partial charge in [-0.2, -0.15) is 5.26 Å². The fraction of sp³-hybridized carbons (Fsp3) is 0.156. The van der Waals surface area contributed by atoms with E-state index in [-0.39, 0.29) is 0 Å². The zero-order chi connectivity index (χ0) is 25.0. The van der Waals surface area contributed by atoms with Crippen LogP contribution < -0.4 is 4.57 Å². The van der Waals surface area contributed by atoms with Crippen LogP contribution in [0.25, 0.3) is 55.2 Å². The van der Waals surface area contributed by atoms with Gasteiger partial charge in [0, 0.05) is 39.5 Å². The second kappa shape index (κ2) is 8.32. The average Bonchev–Trinajstić information content (AvgIpc) is 3.26. The van der Waals surface area contributed by atoms with E-state index < -0.39 is 0 Å². The molecular weight excluding hydrogens is 442 g/mol. The van der Waals surface area contributed by atoms with Crippen LogP contribution in [0.15, 0.2) is 83.5 Å². The summed E-state index contributed by atoms with van der Waals surface area (Å²) in [5.41, 5.74) is 9.38. The van der Waals surface area contributed by atoms with Crippen LogP contribution in [0.2, 0.25) is 0 Å². The molecule has 0 unspecified atom stereocenters. The summed E-state index contributed by atoms with van der Waals surface area (Å²) in [6.45, 7) is 6.53. The van der Waals surface area contributed by atoms with Crippen molar-refractivity contribution in [1.29, 1.82) is 5.26 Å². The molecule has 0 fully saturated rings. The molecule has 3 heterocycles. The van der Waals surface area contributed by atoms with Crippen LogP contribution in [-0.4, -0.2) is 4.98 Å². The van der Waals surface area contributed by atoms with Crippen molar-refractivity contribution in [2.24, 2.45) is 7.05 Å². The minimum Gasteiger partial charge on any atom is -0.454 e. The Bertz CT molecular complexity index is 1850. The van der Waals surface area contributed by atoms with E-state index in [0.717, 1.165) is 60.8 Å². The second-order valence-electron chi connectivity index (χ2n) is 9.74. The molecule has 0 bridgehead atoms. The first-order valence-corrected chi connectivity index (χ1v) is 12.2. The Morgan fingerprint density at radius 1 is 0.917 bits per heavy atom. The van der Waals surface area contributed by atoms with Gasteiger partial charge in [-0.05, 0) is 54.3 Å². The third kappa shape index (κ3) is 3.36. The van der Waals surface area contributed by atoms with Gasteiger partial charge < -0.3 is 4.42 Å². The van der Waals surface area contributed by atoms with Gasteiger partial charge in [0.05, 0.1) is 22.7 Å². The van der Waals surface area contributed by atoms with Crippen molar-refractivity contribution < 1.29 is 8.98 Å². The molecule has 6 rings (SSSR count). The Morgan fingerprint density at radius 3 is 2.44 bits per heavy atom. The number of pyridine rings is 2. The van der Waals surface area contributed by atoms with E-state index in [1.165, 1.54) is 5.56 Å². The van der Waals surface area contributed by atoms with Gasteiger partial charge in [-0.1, -0.05) is 44.2 Å². The van der Waals surface area contributed by atoms with Crippen LogP contribution in [0.4, 0.5) is 0 Å². The summed E-state index contributed by atoms with van der Waals surface area (Å²) in [5.74, 6) is 0.455. The van der Waals surface area contributed by atoms with Crippen LogP contribution in [0.1, 0.15) is 36.5 Å². The maximum absolute atomic E-state index is 10.0. The Balaban J connectivity index is 1.67. The van der Waals surface area contributed by atoms with Crippen LogP contribution in [0, 0.1) is 18.3 Å². The first-order valence-electron chi connectivity index (χ1n) is 12.2. The molecule has 0 aliphatic heterocycles. The minimum absolute atomic E-state index is 0.455. The summed E-state index contributed by atoms with van der Waals surface area (Å²) in [6.07, 6.45) is 3.99. The van der Waals surface area contributed by atoms with E-state index in [1.807, 2.05) is 42.5 Å².